The molecule has 0 atom stereocenters. The summed E-state index contributed by atoms with van der Waals surface area (Å²) in [4.78, 5) is 0.912. The van der Waals surface area contributed by atoms with Gasteiger partial charge in [-0.1, -0.05) is 50.2 Å². The summed E-state index contributed by atoms with van der Waals surface area (Å²) in [5.41, 5.74) is 8.62. The highest BCUT2D eigenvalue weighted by Gasteiger charge is 2.25. The van der Waals surface area contributed by atoms with Crippen molar-refractivity contribution in [2.75, 3.05) is 6.26 Å². The van der Waals surface area contributed by atoms with E-state index in [2.05, 4.69) is 26.0 Å². The lowest BCUT2D eigenvalue weighted by Gasteiger charge is -2.10. The van der Waals surface area contributed by atoms with Crippen LogP contribution >= 0.6 is 23.1 Å². The molecule has 1 aromatic heterocycles. The Balaban J connectivity index is 2.09. The average molecular weight is 431 g/mol. The Bertz CT molecular complexity index is 1130. The first-order valence-corrected chi connectivity index (χ1v) is 12.2. The molecule has 28 heavy (non-hydrogen) atoms. The highest BCUT2D eigenvalue weighted by molar-refractivity contribution is 8.01. The van der Waals surface area contributed by atoms with Crippen molar-refractivity contribution in [2.24, 2.45) is 5.73 Å². The molecule has 4 nitrogen and oxygen atoms in total. The van der Waals surface area contributed by atoms with Gasteiger partial charge in [0.15, 0.2) is 0 Å². The molecule has 3 aromatic rings. The van der Waals surface area contributed by atoms with Crippen molar-refractivity contribution < 1.29 is 8.42 Å². The predicted molar refractivity (Wildman–Crippen MR) is 119 cm³/mol. The predicted octanol–water partition coefficient (Wildman–Crippen LogP) is 5.38. The van der Waals surface area contributed by atoms with Gasteiger partial charge in [-0.15, -0.1) is 23.1 Å². The minimum absolute atomic E-state index is 0.124. The van der Waals surface area contributed by atoms with Gasteiger partial charge in [0.2, 0.25) is 9.84 Å². The minimum atomic E-state index is -3.71. The van der Waals surface area contributed by atoms with Crippen molar-refractivity contribution in [2.45, 2.75) is 33.8 Å². The van der Waals surface area contributed by atoms with E-state index in [1.807, 2.05) is 24.5 Å². The molecular formula is C21H22N2O2S3. The van der Waals surface area contributed by atoms with E-state index in [0.717, 1.165) is 11.1 Å². The summed E-state index contributed by atoms with van der Waals surface area (Å²) in [6.45, 7) is 4.26. The summed E-state index contributed by atoms with van der Waals surface area (Å²) in [5.74, 6) is 0.271. The standard InChI is InChI=1S/C21H22N2O2S3/c1-13(2)14-6-4-7-15(10-14)16-8-5-9-17(11-16)28(24,25)19-12-18(20(22)23)27-21(19)26-3/h4-13H,1-3H3,(H3,22,23). The first kappa shape index (κ1) is 20.6. The van der Waals surface area contributed by atoms with Crippen molar-refractivity contribution in [1.82, 2.24) is 0 Å². The van der Waals surface area contributed by atoms with Crippen molar-refractivity contribution in [1.29, 1.82) is 5.41 Å². The van der Waals surface area contributed by atoms with Crippen LogP contribution in [0.2, 0.25) is 0 Å². The Morgan fingerprint density at radius 2 is 1.71 bits per heavy atom. The highest BCUT2D eigenvalue weighted by Crippen LogP contribution is 2.37. The van der Waals surface area contributed by atoms with Gasteiger partial charge in [0.25, 0.3) is 0 Å². The second kappa shape index (κ2) is 8.11. The molecule has 0 fully saturated rings. The van der Waals surface area contributed by atoms with Crippen LogP contribution in [0, 0.1) is 5.41 Å². The number of nitrogens with one attached hydrogen (secondary N) is 1. The molecule has 1 heterocycles. The second-order valence-electron chi connectivity index (χ2n) is 6.69. The van der Waals surface area contributed by atoms with E-state index in [-0.39, 0.29) is 15.6 Å². The van der Waals surface area contributed by atoms with Crippen LogP contribution in [0.1, 0.15) is 30.2 Å². The summed E-state index contributed by atoms with van der Waals surface area (Å²) in [6, 6.07) is 16.7. The minimum Gasteiger partial charge on any atom is -0.383 e. The largest absolute Gasteiger partial charge is 0.383 e. The lowest BCUT2D eigenvalue weighted by Crippen LogP contribution is -2.08. The van der Waals surface area contributed by atoms with Gasteiger partial charge < -0.3 is 5.73 Å². The third-order valence-electron chi connectivity index (χ3n) is 4.44. The van der Waals surface area contributed by atoms with Crippen LogP contribution in [-0.2, 0) is 9.84 Å². The van der Waals surface area contributed by atoms with E-state index >= 15 is 0 Å². The zero-order valence-electron chi connectivity index (χ0n) is 15.9. The summed E-state index contributed by atoms with van der Waals surface area (Å²) >= 11 is 2.58. The van der Waals surface area contributed by atoms with Gasteiger partial charge in [-0.3, -0.25) is 5.41 Å². The Kier molecular flexibility index (Phi) is 5.98. The van der Waals surface area contributed by atoms with E-state index in [1.165, 1.54) is 34.7 Å². The maximum Gasteiger partial charge on any atom is 0.208 e. The molecule has 0 radical (unpaired) electrons. The number of benzene rings is 2. The molecule has 7 heteroatoms. The summed E-state index contributed by atoms with van der Waals surface area (Å²) in [7, 11) is -3.71. The molecule has 0 aliphatic rings. The van der Waals surface area contributed by atoms with Crippen LogP contribution in [-0.4, -0.2) is 20.5 Å². The summed E-state index contributed by atoms with van der Waals surface area (Å²) < 4.78 is 27.2. The first-order valence-electron chi connectivity index (χ1n) is 8.71. The molecule has 2 aromatic carbocycles. The smallest absolute Gasteiger partial charge is 0.208 e. The van der Waals surface area contributed by atoms with E-state index in [9.17, 15) is 8.42 Å². The van der Waals surface area contributed by atoms with Crippen molar-refractivity contribution in [3.63, 3.8) is 0 Å². The Labute approximate surface area is 174 Å². The molecule has 0 unspecified atom stereocenters. The van der Waals surface area contributed by atoms with Crippen molar-refractivity contribution in [3.8, 4) is 11.1 Å². The fourth-order valence-corrected chi connectivity index (χ4v) is 6.77. The van der Waals surface area contributed by atoms with Crippen LogP contribution in [0.3, 0.4) is 0 Å². The SMILES string of the molecule is CSc1sc(C(=N)N)cc1S(=O)(=O)c1cccc(-c2cccc(C(C)C)c2)c1. The molecule has 3 rings (SSSR count). The molecule has 0 amide bonds. The second-order valence-corrected chi connectivity index (χ2v) is 10.7. The van der Waals surface area contributed by atoms with E-state index in [4.69, 9.17) is 11.1 Å². The van der Waals surface area contributed by atoms with Crippen LogP contribution < -0.4 is 5.73 Å². The van der Waals surface area contributed by atoms with Crippen molar-refractivity contribution in [3.05, 3.63) is 65.0 Å². The third kappa shape index (κ3) is 4.01. The zero-order chi connectivity index (χ0) is 20.5. The number of nitrogen functional groups attached to an aromatic ring is 1. The highest BCUT2D eigenvalue weighted by atomic mass is 32.2. The molecule has 0 saturated carbocycles. The van der Waals surface area contributed by atoms with Crippen LogP contribution in [0.15, 0.2) is 68.6 Å². The van der Waals surface area contributed by atoms with Gasteiger partial charge in [-0.25, -0.2) is 8.42 Å². The number of amidine groups is 1. The molecule has 0 aliphatic heterocycles. The number of thioether (sulfide) groups is 1. The third-order valence-corrected chi connectivity index (χ3v) is 8.78. The molecule has 146 valence electrons. The first-order chi connectivity index (χ1) is 13.2. The normalized spacial score (nSPS) is 11.7. The molecule has 0 bridgehead atoms. The molecule has 3 N–H and O–H groups in total. The Morgan fingerprint density at radius 1 is 1.07 bits per heavy atom. The maximum atomic E-state index is 13.3. The number of rotatable bonds is 6. The Morgan fingerprint density at radius 3 is 2.32 bits per heavy atom. The molecular weight excluding hydrogens is 408 g/mol. The molecule has 0 saturated heterocycles. The summed E-state index contributed by atoms with van der Waals surface area (Å²) in [6.07, 6.45) is 1.82. The lowest BCUT2D eigenvalue weighted by molar-refractivity contribution is 0.595. The molecule has 0 spiro atoms. The number of nitrogens with two attached hydrogens (primary N) is 1. The van der Waals surface area contributed by atoms with Gasteiger partial charge in [-0.2, -0.15) is 0 Å². The van der Waals surface area contributed by atoms with E-state index < -0.39 is 9.84 Å². The number of thiophene rings is 1. The van der Waals surface area contributed by atoms with Gasteiger partial charge in [0, 0.05) is 0 Å². The van der Waals surface area contributed by atoms with Crippen molar-refractivity contribution >= 4 is 38.8 Å². The van der Waals surface area contributed by atoms with E-state index in [0.29, 0.717) is 15.0 Å². The number of hydrogen-bond acceptors (Lipinski definition) is 5. The lowest BCUT2D eigenvalue weighted by atomic mass is 9.97. The fourth-order valence-electron chi connectivity index (χ4n) is 2.87. The number of sulfone groups is 1. The maximum absolute atomic E-state index is 13.3. The van der Waals surface area contributed by atoms with Gasteiger partial charge in [0.05, 0.1) is 18.9 Å². The quantitative estimate of drug-likeness (QED) is 0.312. The van der Waals surface area contributed by atoms with E-state index in [1.54, 1.807) is 18.2 Å². The van der Waals surface area contributed by atoms with Gasteiger partial charge in [0.1, 0.15) is 5.84 Å². The van der Waals surface area contributed by atoms with Gasteiger partial charge >= 0.3 is 0 Å². The molecule has 0 aliphatic carbocycles. The Hall–Kier alpha value is -2.09. The topological polar surface area (TPSA) is 84.0 Å². The zero-order valence-corrected chi connectivity index (χ0v) is 18.3. The van der Waals surface area contributed by atoms with Crippen LogP contribution in [0.4, 0.5) is 0 Å². The summed E-state index contributed by atoms with van der Waals surface area (Å²) in [5, 5.41) is 7.61. The monoisotopic (exact) mass is 430 g/mol. The average Bonchev–Trinajstić information content (AvgIpc) is 3.14. The van der Waals surface area contributed by atoms with Crippen LogP contribution in [0.5, 0.6) is 0 Å². The van der Waals surface area contributed by atoms with Crippen LogP contribution in [0.25, 0.3) is 11.1 Å². The fraction of sp³-hybridized carbons (Fsp3) is 0.190. The number of hydrogen-bond donors (Lipinski definition) is 2. The van der Waals surface area contributed by atoms with Gasteiger partial charge in [-0.05, 0) is 47.1 Å².